The first-order chi connectivity index (χ1) is 17.5. The van der Waals surface area contributed by atoms with Crippen LogP contribution >= 0.6 is 0 Å². The van der Waals surface area contributed by atoms with Gasteiger partial charge in [-0.2, -0.15) is 13.2 Å². The average Bonchev–Trinajstić information content (AvgIpc) is 2.86. The molecule has 1 saturated heterocycles. The topological polar surface area (TPSA) is 75.7 Å². The molecule has 1 heterocycles. The van der Waals surface area contributed by atoms with Crippen molar-refractivity contribution in [2.45, 2.75) is 50.7 Å². The third-order valence-corrected chi connectivity index (χ3v) is 6.50. The molecule has 0 aliphatic carbocycles. The Balaban J connectivity index is 1.46. The van der Waals surface area contributed by atoms with E-state index in [9.17, 15) is 31.9 Å². The van der Waals surface area contributed by atoms with Gasteiger partial charge in [-0.05, 0) is 60.6 Å². The van der Waals surface area contributed by atoms with Crippen LogP contribution in [0.2, 0.25) is 0 Å². The molecule has 1 aliphatic rings. The SMILES string of the molecule is COC(=O)[C@H](Cc1ccc(C(F)(F)F)cc1)NC(=O)CC1CCN(C(=O)CCc2cccc(F)c2)CC1. The number of halogens is 4. The van der Waals surface area contributed by atoms with Crippen LogP contribution in [0.5, 0.6) is 0 Å². The lowest BCUT2D eigenvalue weighted by Crippen LogP contribution is -2.44. The lowest BCUT2D eigenvalue weighted by Gasteiger charge is -2.32. The van der Waals surface area contributed by atoms with Crippen molar-refractivity contribution in [1.29, 1.82) is 0 Å². The van der Waals surface area contributed by atoms with Gasteiger partial charge in [-0.3, -0.25) is 9.59 Å². The molecule has 0 spiro atoms. The number of aryl methyl sites for hydroxylation is 1. The van der Waals surface area contributed by atoms with Gasteiger partial charge in [-0.1, -0.05) is 24.3 Å². The first-order valence-corrected chi connectivity index (χ1v) is 12.1. The molecule has 37 heavy (non-hydrogen) atoms. The molecule has 1 N–H and O–H groups in total. The second-order valence-electron chi connectivity index (χ2n) is 9.20. The molecular formula is C27H30F4N2O4. The van der Waals surface area contributed by atoms with Gasteiger partial charge in [0, 0.05) is 32.4 Å². The normalized spacial score (nSPS) is 15.2. The van der Waals surface area contributed by atoms with E-state index in [2.05, 4.69) is 5.32 Å². The molecule has 2 aromatic carbocycles. The number of likely N-dealkylation sites (tertiary alicyclic amines) is 1. The summed E-state index contributed by atoms with van der Waals surface area (Å²) in [5.41, 5.74) is 0.416. The number of piperidine rings is 1. The molecule has 1 aliphatic heterocycles. The Morgan fingerprint density at radius 2 is 1.73 bits per heavy atom. The molecule has 0 unspecified atom stereocenters. The molecule has 1 fully saturated rings. The van der Waals surface area contributed by atoms with Crippen molar-refractivity contribution in [2.75, 3.05) is 20.2 Å². The smallest absolute Gasteiger partial charge is 0.416 e. The highest BCUT2D eigenvalue weighted by atomic mass is 19.4. The number of methoxy groups -OCH3 is 1. The second kappa shape index (κ2) is 12.7. The van der Waals surface area contributed by atoms with Crippen LogP contribution in [0.3, 0.4) is 0 Å². The van der Waals surface area contributed by atoms with Crippen LogP contribution in [0.25, 0.3) is 0 Å². The fraction of sp³-hybridized carbons (Fsp3) is 0.444. The van der Waals surface area contributed by atoms with E-state index >= 15 is 0 Å². The van der Waals surface area contributed by atoms with Gasteiger partial charge in [0.15, 0.2) is 0 Å². The van der Waals surface area contributed by atoms with Crippen LogP contribution < -0.4 is 5.32 Å². The minimum atomic E-state index is -4.46. The number of ether oxygens (including phenoxy) is 1. The highest BCUT2D eigenvalue weighted by Crippen LogP contribution is 2.29. The Morgan fingerprint density at radius 1 is 1.05 bits per heavy atom. The van der Waals surface area contributed by atoms with E-state index in [0.717, 1.165) is 17.7 Å². The van der Waals surface area contributed by atoms with Crippen molar-refractivity contribution >= 4 is 17.8 Å². The fourth-order valence-electron chi connectivity index (χ4n) is 4.40. The number of carbonyl (C=O) groups is 3. The largest absolute Gasteiger partial charge is 0.467 e. The summed E-state index contributed by atoms with van der Waals surface area (Å²) in [5.74, 6) is -1.38. The number of carbonyl (C=O) groups excluding carboxylic acids is 3. The molecule has 0 bridgehead atoms. The Labute approximate surface area is 213 Å². The minimum absolute atomic E-state index is 0.00515. The van der Waals surface area contributed by atoms with E-state index in [4.69, 9.17) is 4.74 Å². The molecule has 10 heteroatoms. The van der Waals surface area contributed by atoms with Gasteiger partial charge in [0.1, 0.15) is 11.9 Å². The van der Waals surface area contributed by atoms with E-state index in [0.29, 0.717) is 37.9 Å². The number of nitrogens with one attached hydrogen (secondary N) is 1. The molecular weight excluding hydrogens is 492 g/mol. The maximum atomic E-state index is 13.3. The van der Waals surface area contributed by atoms with Crippen LogP contribution in [0.1, 0.15) is 42.4 Å². The molecule has 0 radical (unpaired) electrons. The second-order valence-corrected chi connectivity index (χ2v) is 9.20. The summed E-state index contributed by atoms with van der Waals surface area (Å²) >= 11 is 0. The molecule has 2 aromatic rings. The Bertz CT molecular complexity index is 1080. The van der Waals surface area contributed by atoms with E-state index < -0.39 is 23.8 Å². The predicted molar refractivity (Wildman–Crippen MR) is 128 cm³/mol. The zero-order valence-electron chi connectivity index (χ0n) is 20.5. The van der Waals surface area contributed by atoms with Gasteiger partial charge in [0.2, 0.25) is 11.8 Å². The van der Waals surface area contributed by atoms with Crippen molar-refractivity contribution in [1.82, 2.24) is 10.2 Å². The van der Waals surface area contributed by atoms with Crippen LogP contribution in [0.15, 0.2) is 48.5 Å². The van der Waals surface area contributed by atoms with Gasteiger partial charge >= 0.3 is 12.1 Å². The van der Waals surface area contributed by atoms with Crippen molar-refractivity contribution in [2.24, 2.45) is 5.92 Å². The van der Waals surface area contributed by atoms with Crippen LogP contribution in [0, 0.1) is 11.7 Å². The fourth-order valence-corrected chi connectivity index (χ4v) is 4.40. The molecule has 0 saturated carbocycles. The standard InChI is InChI=1S/C27H30F4N2O4/c1-37-26(36)23(16-19-5-8-21(9-6-19)27(29,30)31)32-24(34)17-20-11-13-33(14-12-20)25(35)10-7-18-3-2-4-22(28)15-18/h2-6,8-9,15,20,23H,7,10-14,16-17H2,1H3,(H,32,34)/t23-/m0/s1. The summed E-state index contributed by atoms with van der Waals surface area (Å²) in [6.07, 6.45) is -2.33. The van der Waals surface area contributed by atoms with E-state index in [1.165, 1.54) is 31.4 Å². The molecule has 0 aromatic heterocycles. The number of benzene rings is 2. The summed E-state index contributed by atoms with van der Waals surface area (Å²) in [6, 6.07) is 9.53. The van der Waals surface area contributed by atoms with E-state index in [-0.39, 0.29) is 42.8 Å². The number of alkyl halides is 3. The van der Waals surface area contributed by atoms with Crippen LogP contribution in [-0.4, -0.2) is 48.9 Å². The maximum Gasteiger partial charge on any atom is 0.416 e. The van der Waals surface area contributed by atoms with Crippen molar-refractivity contribution in [3.8, 4) is 0 Å². The number of hydrogen-bond donors (Lipinski definition) is 1. The van der Waals surface area contributed by atoms with Gasteiger partial charge in [0.25, 0.3) is 0 Å². The van der Waals surface area contributed by atoms with Crippen LogP contribution in [-0.2, 0) is 38.1 Å². The summed E-state index contributed by atoms with van der Waals surface area (Å²) in [7, 11) is 1.18. The van der Waals surface area contributed by atoms with Gasteiger partial charge in [0.05, 0.1) is 12.7 Å². The summed E-state index contributed by atoms with van der Waals surface area (Å²) < 4.78 is 56.4. The first-order valence-electron chi connectivity index (χ1n) is 12.1. The Kier molecular flexibility index (Phi) is 9.66. The monoisotopic (exact) mass is 522 g/mol. The summed E-state index contributed by atoms with van der Waals surface area (Å²) in [6.45, 7) is 1.01. The summed E-state index contributed by atoms with van der Waals surface area (Å²) in [4.78, 5) is 39.1. The van der Waals surface area contributed by atoms with Crippen LogP contribution in [0.4, 0.5) is 17.6 Å². The molecule has 200 valence electrons. The first kappa shape index (κ1) is 28.1. The number of rotatable bonds is 9. The van der Waals surface area contributed by atoms with Crippen molar-refractivity contribution in [3.05, 3.63) is 71.0 Å². The van der Waals surface area contributed by atoms with E-state index in [1.807, 2.05) is 0 Å². The lowest BCUT2D eigenvalue weighted by atomic mass is 9.92. The van der Waals surface area contributed by atoms with Crippen molar-refractivity contribution in [3.63, 3.8) is 0 Å². The van der Waals surface area contributed by atoms with Gasteiger partial charge < -0.3 is 15.0 Å². The predicted octanol–water partition coefficient (Wildman–Crippen LogP) is 4.31. The average molecular weight is 523 g/mol. The number of nitrogens with zero attached hydrogens (tertiary/aromatic N) is 1. The summed E-state index contributed by atoms with van der Waals surface area (Å²) in [5, 5.41) is 2.64. The highest BCUT2D eigenvalue weighted by molar-refractivity contribution is 5.84. The minimum Gasteiger partial charge on any atom is -0.467 e. The zero-order valence-corrected chi connectivity index (χ0v) is 20.5. The number of esters is 1. The number of hydrogen-bond acceptors (Lipinski definition) is 4. The molecule has 1 atom stereocenters. The van der Waals surface area contributed by atoms with Gasteiger partial charge in [-0.15, -0.1) is 0 Å². The quantitative estimate of drug-likeness (QED) is 0.394. The third kappa shape index (κ3) is 8.58. The number of amides is 2. The third-order valence-electron chi connectivity index (χ3n) is 6.50. The zero-order chi connectivity index (χ0) is 27.0. The lowest BCUT2D eigenvalue weighted by molar-refractivity contribution is -0.145. The highest BCUT2D eigenvalue weighted by Gasteiger charge is 2.31. The molecule has 6 nitrogen and oxygen atoms in total. The Hall–Kier alpha value is -3.43. The van der Waals surface area contributed by atoms with E-state index in [1.54, 1.807) is 17.0 Å². The van der Waals surface area contributed by atoms with Gasteiger partial charge in [-0.25, -0.2) is 9.18 Å². The molecule has 3 rings (SSSR count). The van der Waals surface area contributed by atoms with Crippen molar-refractivity contribution < 1.29 is 36.7 Å². The molecule has 2 amide bonds. The maximum absolute atomic E-state index is 13.3. The Morgan fingerprint density at radius 3 is 2.32 bits per heavy atom.